The Kier molecular flexibility index (Phi) is 23.3. The fourth-order valence-electron chi connectivity index (χ4n) is 20.6. The van der Waals surface area contributed by atoms with Gasteiger partial charge in [0.25, 0.3) is 0 Å². The van der Waals surface area contributed by atoms with Crippen molar-refractivity contribution in [3.05, 3.63) is 420 Å². The van der Waals surface area contributed by atoms with E-state index in [2.05, 4.69) is 394 Å². The number of hydrogen-bond acceptors (Lipinski definition) is 10. The molecule has 0 radical (unpaired) electrons. The zero-order valence-electron chi connectivity index (χ0n) is 85.5. The summed E-state index contributed by atoms with van der Waals surface area (Å²) < 4.78 is 66.5. The second-order valence-corrected chi connectivity index (χ2v) is 37.3. The van der Waals surface area contributed by atoms with Crippen LogP contribution in [0.5, 0.6) is 0 Å². The molecule has 15 heteroatoms. The van der Waals surface area contributed by atoms with Crippen molar-refractivity contribution < 1.29 is 49.0 Å². The van der Waals surface area contributed by atoms with Crippen LogP contribution in [0.15, 0.2) is 375 Å². The number of hydrogen-bond donors (Lipinski definition) is 0. The smallest absolute Gasteiger partial charge is 0.227 e. The van der Waals surface area contributed by atoms with Gasteiger partial charge in [-0.05, 0) is 244 Å². The molecule has 142 heavy (non-hydrogen) atoms. The van der Waals surface area contributed by atoms with Gasteiger partial charge in [-0.3, -0.25) is 0 Å². The average Bonchev–Trinajstić information content (AvgIpc) is 1.57. The van der Waals surface area contributed by atoms with Crippen molar-refractivity contribution in [2.75, 3.05) is 0 Å². The van der Waals surface area contributed by atoms with Gasteiger partial charge in [-0.15, -0.1) is 0 Å². The minimum absolute atomic E-state index is 0.295. The molecule has 10 aromatic carbocycles. The molecule has 0 aliphatic rings. The Bertz CT molecular complexity index is 9370. The van der Waals surface area contributed by atoms with Crippen LogP contribution in [0.25, 0.3) is 222 Å². The number of furan rings is 5. The number of aromatic nitrogens is 10. The molecule has 0 fully saturated rings. The minimum Gasteiger partial charge on any atom is -0.437 e. The zero-order chi connectivity index (χ0) is 100. The van der Waals surface area contributed by atoms with Crippen molar-refractivity contribution in [2.45, 2.75) is 83.0 Å². The quantitative estimate of drug-likeness (QED) is 0.121. The van der Waals surface area contributed by atoms with Crippen molar-refractivity contribution >= 4 is 110 Å². The molecule has 0 unspecified atom stereocenters. The molecular weight excluding hydrogens is 1750 g/mol. The van der Waals surface area contributed by atoms with Gasteiger partial charge in [0.2, 0.25) is 57.0 Å². The van der Waals surface area contributed by atoms with Crippen molar-refractivity contribution in [3.8, 4) is 112 Å². The highest BCUT2D eigenvalue weighted by molar-refractivity contribution is 6.15. The summed E-state index contributed by atoms with van der Waals surface area (Å²) in [6.07, 6.45) is 17.8. The number of benzene rings is 10. The molecule has 0 aliphatic heterocycles. The topological polar surface area (TPSA) is 150 Å². The lowest BCUT2D eigenvalue weighted by molar-refractivity contribution is -0.660. The van der Waals surface area contributed by atoms with E-state index in [-0.39, 0.29) is 0 Å². The van der Waals surface area contributed by atoms with Gasteiger partial charge in [0.1, 0.15) is 35.2 Å². The van der Waals surface area contributed by atoms with E-state index in [1.54, 1.807) is 30.9 Å². The maximum absolute atomic E-state index is 8.15. The van der Waals surface area contributed by atoms with E-state index in [0.717, 1.165) is 155 Å². The third kappa shape index (κ3) is 16.9. The lowest BCUT2D eigenvalue weighted by atomic mass is 9.94. The summed E-state index contributed by atoms with van der Waals surface area (Å²) in [5, 5.41) is 10.1. The van der Waals surface area contributed by atoms with Gasteiger partial charge in [-0.2, -0.15) is 0 Å². The number of nitrogens with zero attached hydrogens (tertiary/aromatic N) is 10. The Labute approximate surface area is 829 Å². The normalized spacial score (nSPS) is 11.8. The third-order valence-corrected chi connectivity index (χ3v) is 27.5. The van der Waals surface area contributed by atoms with Crippen LogP contribution >= 0.6 is 0 Å². The van der Waals surface area contributed by atoms with Crippen molar-refractivity contribution in [1.29, 1.82) is 0 Å². The largest absolute Gasteiger partial charge is 0.437 e. The number of aryl methyl sites for hydroxylation is 17. The molecule has 0 amide bonds. The lowest BCUT2D eigenvalue weighted by Gasteiger charge is -2.11. The monoisotopic (exact) mass is 1860 g/mol. The summed E-state index contributed by atoms with van der Waals surface area (Å²) >= 11 is 0. The Hall–Kier alpha value is -17.3. The standard InChI is InChI=1S/C27H25N2O.C26H23N2O.2C25H21N2O.C24H19N2O/c1-16-14-23(29(5)15-22(16)20-9-7-6-8-10-20)25-18(3)13-17(2)24-21-12-11-19(4)28-27(21)30-26(24)25;1-16-13-17(2)24(25-23(16)20-11-8-12-27-26(20)29-25)22-14-21(18(3)15-28(22)4)19-9-6-5-7-10-19;1-16-11-12-19-20-10-7-13-26-25(20)28-24(19)23(16)22-14-21(17(2)15-27(22)3)18-8-5-4-6-9-18;1-16-14-17(2)23(24-22(16)20-10-7-12-26-25(20)28-24)21-15-19(11-13-27(21)3)18-8-5-4-6-9-18;1-16-10-11-19-20-9-6-13-25-24(20)27-23(19)22(16)21-15-18(12-14-26(21)2)17-7-4-3-5-8-17/h6-15H,1-5H3;5-15H,1-4H3;2*4-15H,1-3H3;3-15H,1-2H3/q5*+1/i2D3;;;;. The number of rotatable bonds is 10. The second kappa shape index (κ2) is 37.9. The van der Waals surface area contributed by atoms with Crippen LogP contribution in [0.3, 0.4) is 0 Å². The van der Waals surface area contributed by atoms with Crippen molar-refractivity contribution in [2.24, 2.45) is 35.2 Å². The van der Waals surface area contributed by atoms with E-state index in [9.17, 15) is 0 Å². The first kappa shape index (κ1) is 87.5. The first-order valence-electron chi connectivity index (χ1n) is 49.4. The highest BCUT2D eigenvalue weighted by Crippen LogP contribution is 2.46. The molecule has 692 valence electrons. The first-order valence-corrected chi connectivity index (χ1v) is 47.9. The highest BCUT2D eigenvalue weighted by atomic mass is 16.4. The van der Waals surface area contributed by atoms with Crippen molar-refractivity contribution in [1.82, 2.24) is 24.9 Å². The summed E-state index contributed by atoms with van der Waals surface area (Å²) in [5.74, 6) is 0. The van der Waals surface area contributed by atoms with Gasteiger partial charge in [-0.25, -0.2) is 47.8 Å². The molecule has 0 spiro atoms. The van der Waals surface area contributed by atoms with E-state index in [0.29, 0.717) is 45.1 Å². The SMILES string of the molecule is Cc1c[n+](C)c(-c2c(C)cc(C)c3c2oc2ncccc23)cc1-c1ccccc1.Cc1c[n+](C)c(-c2c(C)ccc3c2oc2ncccc23)cc1-c1ccccc1.Cc1cc(C)c2c(oc3ncccc32)c1-c1cc(-c2ccccc2)cc[n+]1C.Cc1ccc2c(oc3ncccc32)c1-c1cc(-c2ccccc2)cc[n+]1C.[2H]C([2H])([2H])c1cc(C)c(-c2cc(C)c(-c3ccccc3)c[n+]2C)c2oc3nc(C)ccc3c12. The highest BCUT2D eigenvalue weighted by Gasteiger charge is 2.31. The van der Waals surface area contributed by atoms with Crippen LogP contribution in [0.1, 0.15) is 71.0 Å². The molecule has 0 atom stereocenters. The van der Waals surface area contributed by atoms with Crippen LogP contribution < -0.4 is 22.8 Å². The van der Waals surface area contributed by atoms with Crippen LogP contribution in [-0.4, -0.2) is 24.9 Å². The Balaban J connectivity index is 0.000000107. The van der Waals surface area contributed by atoms with Crippen molar-refractivity contribution in [3.63, 3.8) is 0 Å². The Morgan fingerprint density at radius 2 is 0.535 bits per heavy atom. The molecule has 0 saturated carbocycles. The number of pyridine rings is 10. The molecular formula is C127H109N10O5+5. The first-order chi connectivity index (χ1) is 70.2. The second-order valence-electron chi connectivity index (χ2n) is 37.3. The third-order valence-electron chi connectivity index (χ3n) is 27.5. The molecule has 0 saturated heterocycles. The maximum atomic E-state index is 8.15. The maximum Gasteiger partial charge on any atom is 0.227 e. The Morgan fingerprint density at radius 1 is 0.218 bits per heavy atom. The van der Waals surface area contributed by atoms with E-state index in [1.165, 1.54) is 89.0 Å². The summed E-state index contributed by atoms with van der Waals surface area (Å²) in [6, 6.07) is 103. The lowest BCUT2D eigenvalue weighted by Crippen LogP contribution is -2.31. The summed E-state index contributed by atoms with van der Waals surface area (Å²) in [5.41, 5.74) is 43.0. The minimum atomic E-state index is -2.27. The van der Waals surface area contributed by atoms with Gasteiger partial charge < -0.3 is 22.1 Å². The predicted molar refractivity (Wildman–Crippen MR) is 575 cm³/mol. The molecule has 15 heterocycles. The molecule has 0 N–H and O–H groups in total. The molecule has 15 nitrogen and oxygen atoms in total. The zero-order valence-corrected chi connectivity index (χ0v) is 82.5. The fraction of sp³-hybridized carbons (Fsp3) is 0.134. The number of fused-ring (bicyclic) bond motifs is 15. The van der Waals surface area contributed by atoms with Crippen LogP contribution in [0, 0.1) is 83.0 Å². The van der Waals surface area contributed by atoms with Gasteiger partial charge in [0.15, 0.2) is 58.9 Å². The van der Waals surface area contributed by atoms with E-state index in [4.69, 9.17) is 26.2 Å². The van der Waals surface area contributed by atoms with Gasteiger partial charge >= 0.3 is 0 Å². The van der Waals surface area contributed by atoms with E-state index in [1.807, 2.05) is 87.6 Å². The molecule has 15 aromatic heterocycles. The van der Waals surface area contributed by atoms with Gasteiger partial charge in [0.05, 0.1) is 27.8 Å². The summed E-state index contributed by atoms with van der Waals surface area (Å²) in [4.78, 5) is 22.2. The summed E-state index contributed by atoms with van der Waals surface area (Å²) in [6.45, 7) is 20.8. The van der Waals surface area contributed by atoms with Crippen LogP contribution in [0.4, 0.5) is 0 Å². The molecule has 25 aromatic rings. The average molecular weight is 1860 g/mol. The fourth-order valence-corrected chi connectivity index (χ4v) is 20.6. The molecule has 25 rings (SSSR count). The van der Waals surface area contributed by atoms with Crippen LogP contribution in [-0.2, 0) is 35.2 Å². The molecule has 0 aliphatic carbocycles. The summed E-state index contributed by atoms with van der Waals surface area (Å²) in [7, 11) is 10.4. The van der Waals surface area contributed by atoms with Gasteiger partial charge in [0, 0.05) is 148 Å². The van der Waals surface area contributed by atoms with E-state index >= 15 is 0 Å². The molecule has 0 bridgehead atoms. The van der Waals surface area contributed by atoms with Gasteiger partial charge in [-0.1, -0.05) is 194 Å². The van der Waals surface area contributed by atoms with Crippen LogP contribution in [0.2, 0.25) is 0 Å². The van der Waals surface area contributed by atoms with E-state index < -0.39 is 6.85 Å². The Morgan fingerprint density at radius 3 is 0.944 bits per heavy atom. The predicted octanol–water partition coefficient (Wildman–Crippen LogP) is 29.4.